The average molecular weight is 184 g/mol. The summed E-state index contributed by atoms with van der Waals surface area (Å²) in [6.45, 7) is 4.12. The van der Waals surface area contributed by atoms with Crippen LogP contribution in [0.5, 0.6) is 0 Å². The predicted octanol–water partition coefficient (Wildman–Crippen LogP) is 1.03. The summed E-state index contributed by atoms with van der Waals surface area (Å²) in [5, 5.41) is 8.56. The first-order valence-corrected chi connectivity index (χ1v) is 3.98. The molecule has 1 aromatic rings. The normalized spacial score (nSPS) is 10.7. The molecular formula is C8H12N2O3. The fourth-order valence-corrected chi connectivity index (χ4v) is 0.790. The number of carbonyl (C=O) groups is 1. The van der Waals surface area contributed by atoms with Crippen LogP contribution in [0, 0.1) is 0 Å². The largest absolute Gasteiger partial charge is 0.477 e. The topological polar surface area (TPSA) is 75.2 Å². The number of aromatic nitrogens is 2. The Balaban J connectivity index is 2.54. The van der Waals surface area contributed by atoms with Gasteiger partial charge in [0.05, 0.1) is 12.3 Å². The summed E-state index contributed by atoms with van der Waals surface area (Å²) in [5.74, 6) is -0.477. The molecule has 1 rings (SSSR count). The van der Waals surface area contributed by atoms with Crippen molar-refractivity contribution in [1.82, 2.24) is 9.97 Å². The molecule has 0 radical (unpaired) electrons. The van der Waals surface area contributed by atoms with Crippen LogP contribution in [-0.4, -0.2) is 27.1 Å². The number of rotatable bonds is 4. The first-order valence-electron chi connectivity index (χ1n) is 3.98. The SMILES string of the molecule is CC(C)OCc1ncc(C(=O)O)[nH]1. The van der Waals surface area contributed by atoms with Crippen molar-refractivity contribution in [2.45, 2.75) is 26.6 Å². The van der Waals surface area contributed by atoms with Gasteiger partial charge in [0.2, 0.25) is 0 Å². The highest BCUT2D eigenvalue weighted by molar-refractivity contribution is 5.84. The summed E-state index contributed by atoms with van der Waals surface area (Å²) in [7, 11) is 0. The summed E-state index contributed by atoms with van der Waals surface area (Å²) >= 11 is 0. The smallest absolute Gasteiger partial charge is 0.353 e. The second-order valence-corrected chi connectivity index (χ2v) is 2.91. The minimum atomic E-state index is -1.01. The number of carboxylic acid groups (broad SMARTS) is 1. The molecule has 5 nitrogen and oxygen atoms in total. The molecule has 0 saturated heterocycles. The van der Waals surface area contributed by atoms with Crippen molar-refractivity contribution in [3.05, 3.63) is 17.7 Å². The van der Waals surface area contributed by atoms with Crippen LogP contribution >= 0.6 is 0 Å². The van der Waals surface area contributed by atoms with Crippen LogP contribution in [0.15, 0.2) is 6.20 Å². The zero-order valence-corrected chi connectivity index (χ0v) is 7.57. The third kappa shape index (κ3) is 2.87. The number of nitrogens with zero attached hydrogens (tertiary/aromatic N) is 1. The Labute approximate surface area is 75.8 Å². The lowest BCUT2D eigenvalue weighted by atomic mass is 10.5. The molecule has 0 atom stereocenters. The predicted molar refractivity (Wildman–Crippen MR) is 45.5 cm³/mol. The van der Waals surface area contributed by atoms with Crippen LogP contribution in [0.2, 0.25) is 0 Å². The highest BCUT2D eigenvalue weighted by Gasteiger charge is 2.07. The van der Waals surface area contributed by atoms with Gasteiger partial charge in [0.15, 0.2) is 0 Å². The molecule has 0 aromatic carbocycles. The monoisotopic (exact) mass is 184 g/mol. The van der Waals surface area contributed by atoms with Gasteiger partial charge in [-0.2, -0.15) is 0 Å². The maximum atomic E-state index is 10.4. The van der Waals surface area contributed by atoms with Crippen LogP contribution in [0.3, 0.4) is 0 Å². The van der Waals surface area contributed by atoms with E-state index in [1.54, 1.807) is 0 Å². The Morgan fingerprint density at radius 1 is 1.77 bits per heavy atom. The van der Waals surface area contributed by atoms with E-state index in [1.165, 1.54) is 6.20 Å². The molecule has 0 saturated carbocycles. The number of hydrogen-bond acceptors (Lipinski definition) is 3. The van der Waals surface area contributed by atoms with Gasteiger partial charge in [-0.3, -0.25) is 0 Å². The molecule has 0 aliphatic heterocycles. The molecule has 0 bridgehead atoms. The van der Waals surface area contributed by atoms with E-state index in [1.807, 2.05) is 13.8 Å². The number of imidazole rings is 1. The third-order valence-electron chi connectivity index (χ3n) is 1.41. The third-order valence-corrected chi connectivity index (χ3v) is 1.41. The highest BCUT2D eigenvalue weighted by Crippen LogP contribution is 2.00. The van der Waals surface area contributed by atoms with E-state index >= 15 is 0 Å². The summed E-state index contributed by atoms with van der Waals surface area (Å²) in [5.41, 5.74) is 0.0855. The van der Waals surface area contributed by atoms with E-state index in [4.69, 9.17) is 9.84 Å². The molecule has 0 fully saturated rings. The molecule has 13 heavy (non-hydrogen) atoms. The van der Waals surface area contributed by atoms with Gasteiger partial charge in [-0.25, -0.2) is 9.78 Å². The first kappa shape index (κ1) is 9.73. The van der Waals surface area contributed by atoms with Gasteiger partial charge in [-0.1, -0.05) is 0 Å². The van der Waals surface area contributed by atoms with E-state index in [0.29, 0.717) is 12.4 Å². The number of aromatic amines is 1. The van der Waals surface area contributed by atoms with Crippen molar-refractivity contribution < 1.29 is 14.6 Å². The number of nitrogens with one attached hydrogen (secondary N) is 1. The molecule has 72 valence electrons. The summed E-state index contributed by atoms with van der Waals surface area (Å²) in [6, 6.07) is 0. The van der Waals surface area contributed by atoms with Crippen LogP contribution in [0.4, 0.5) is 0 Å². The summed E-state index contributed by atoms with van der Waals surface area (Å²) in [6.07, 6.45) is 1.39. The van der Waals surface area contributed by atoms with Gasteiger partial charge in [0.1, 0.15) is 18.1 Å². The van der Waals surface area contributed by atoms with Gasteiger partial charge >= 0.3 is 5.97 Å². The van der Waals surface area contributed by atoms with Crippen molar-refractivity contribution in [3.8, 4) is 0 Å². The van der Waals surface area contributed by atoms with Crippen LogP contribution < -0.4 is 0 Å². The highest BCUT2D eigenvalue weighted by atomic mass is 16.5. The van der Waals surface area contributed by atoms with Gasteiger partial charge in [-0.05, 0) is 13.8 Å². The van der Waals surface area contributed by atoms with Crippen LogP contribution in [0.1, 0.15) is 30.2 Å². The summed E-state index contributed by atoms with van der Waals surface area (Å²) < 4.78 is 5.23. The lowest BCUT2D eigenvalue weighted by Gasteiger charge is -2.03. The average Bonchev–Trinajstić information content (AvgIpc) is 2.48. The standard InChI is InChI=1S/C8H12N2O3/c1-5(2)13-4-7-9-3-6(10-7)8(11)12/h3,5H,4H2,1-2H3,(H,9,10)(H,11,12). The Bertz CT molecular complexity index is 293. The van der Waals surface area contributed by atoms with E-state index in [9.17, 15) is 4.79 Å². The molecule has 2 N–H and O–H groups in total. The van der Waals surface area contributed by atoms with E-state index in [2.05, 4.69) is 9.97 Å². The fourth-order valence-electron chi connectivity index (χ4n) is 0.790. The second kappa shape index (κ2) is 4.04. The summed E-state index contributed by atoms with van der Waals surface area (Å²) in [4.78, 5) is 16.9. The van der Waals surface area contributed by atoms with Gasteiger partial charge in [0, 0.05) is 0 Å². The van der Waals surface area contributed by atoms with Crippen LogP contribution in [-0.2, 0) is 11.3 Å². The number of hydrogen-bond donors (Lipinski definition) is 2. The Morgan fingerprint density at radius 3 is 2.92 bits per heavy atom. The molecule has 5 heteroatoms. The molecule has 0 aliphatic carbocycles. The van der Waals surface area contributed by atoms with Gasteiger partial charge in [0.25, 0.3) is 0 Å². The molecule has 0 aliphatic rings. The number of H-pyrrole nitrogens is 1. The number of aromatic carboxylic acids is 1. The maximum absolute atomic E-state index is 10.4. The molecule has 0 unspecified atom stereocenters. The van der Waals surface area contributed by atoms with Crippen molar-refractivity contribution in [1.29, 1.82) is 0 Å². The lowest BCUT2D eigenvalue weighted by Crippen LogP contribution is -2.04. The van der Waals surface area contributed by atoms with Crippen molar-refractivity contribution in [2.75, 3.05) is 0 Å². The van der Waals surface area contributed by atoms with Crippen LogP contribution in [0.25, 0.3) is 0 Å². The van der Waals surface area contributed by atoms with Crippen molar-refractivity contribution >= 4 is 5.97 Å². The zero-order valence-electron chi connectivity index (χ0n) is 7.57. The second-order valence-electron chi connectivity index (χ2n) is 2.91. The molecule has 1 aromatic heterocycles. The minimum Gasteiger partial charge on any atom is -0.477 e. The number of carboxylic acids is 1. The Kier molecular flexibility index (Phi) is 3.02. The molecule has 1 heterocycles. The maximum Gasteiger partial charge on any atom is 0.353 e. The minimum absolute atomic E-state index is 0.0855. The van der Waals surface area contributed by atoms with E-state index in [-0.39, 0.29) is 11.8 Å². The van der Waals surface area contributed by atoms with Crippen molar-refractivity contribution in [2.24, 2.45) is 0 Å². The fraction of sp³-hybridized carbons (Fsp3) is 0.500. The Morgan fingerprint density at radius 2 is 2.46 bits per heavy atom. The molecular weight excluding hydrogens is 172 g/mol. The molecule has 0 amide bonds. The lowest BCUT2D eigenvalue weighted by molar-refractivity contribution is 0.0613. The number of ether oxygens (including phenoxy) is 1. The van der Waals surface area contributed by atoms with E-state index in [0.717, 1.165) is 0 Å². The van der Waals surface area contributed by atoms with E-state index < -0.39 is 5.97 Å². The van der Waals surface area contributed by atoms with Gasteiger partial charge < -0.3 is 14.8 Å². The van der Waals surface area contributed by atoms with Gasteiger partial charge in [-0.15, -0.1) is 0 Å². The zero-order chi connectivity index (χ0) is 9.84. The Hall–Kier alpha value is -1.36. The first-order chi connectivity index (χ1) is 6.09. The molecule has 0 spiro atoms. The van der Waals surface area contributed by atoms with Crippen molar-refractivity contribution in [3.63, 3.8) is 0 Å². The quantitative estimate of drug-likeness (QED) is 0.732.